The molecule has 108 valence electrons. The van der Waals surface area contributed by atoms with Crippen LogP contribution >= 0.6 is 23.1 Å². The summed E-state index contributed by atoms with van der Waals surface area (Å²) in [5.41, 5.74) is 0. The number of nitrogens with one attached hydrogen (secondary N) is 2. The minimum absolute atomic E-state index is 0.249. The van der Waals surface area contributed by atoms with Crippen LogP contribution in [0.15, 0.2) is 28.7 Å². The fraction of sp³-hybridized carbons (Fsp3) is 0.429. The summed E-state index contributed by atoms with van der Waals surface area (Å²) in [6.07, 6.45) is 3.07. The molecule has 2 aromatic rings. The zero-order valence-electron chi connectivity index (χ0n) is 12.0. The first-order chi connectivity index (χ1) is 9.72. The molecule has 1 unspecified atom stereocenters. The zero-order chi connectivity index (χ0) is 14.4. The SMILES string of the molecule is CCCNc1cc(NC(C)c2cccs2)nc(SC)n1. The lowest BCUT2D eigenvalue weighted by Gasteiger charge is -2.14. The van der Waals surface area contributed by atoms with Gasteiger partial charge in [0.1, 0.15) is 11.6 Å². The van der Waals surface area contributed by atoms with Crippen molar-refractivity contribution < 1.29 is 0 Å². The molecule has 20 heavy (non-hydrogen) atoms. The van der Waals surface area contributed by atoms with Gasteiger partial charge in [-0.1, -0.05) is 24.8 Å². The molecule has 0 radical (unpaired) electrons. The van der Waals surface area contributed by atoms with Crippen molar-refractivity contribution in [3.05, 3.63) is 28.5 Å². The Balaban J connectivity index is 2.13. The van der Waals surface area contributed by atoms with E-state index in [2.05, 4.69) is 52.0 Å². The molecular formula is C14H20N4S2. The van der Waals surface area contributed by atoms with Crippen LogP contribution in [0.5, 0.6) is 0 Å². The Morgan fingerprint density at radius 3 is 2.80 bits per heavy atom. The van der Waals surface area contributed by atoms with E-state index in [1.54, 1.807) is 23.1 Å². The highest BCUT2D eigenvalue weighted by molar-refractivity contribution is 7.98. The minimum atomic E-state index is 0.249. The molecule has 0 aliphatic heterocycles. The third-order valence-electron chi connectivity index (χ3n) is 2.78. The number of hydrogen-bond acceptors (Lipinski definition) is 6. The van der Waals surface area contributed by atoms with Crippen molar-refractivity contribution in [3.8, 4) is 0 Å². The largest absolute Gasteiger partial charge is 0.370 e. The van der Waals surface area contributed by atoms with E-state index in [1.165, 1.54) is 4.88 Å². The fourth-order valence-corrected chi connectivity index (χ4v) is 2.88. The predicted molar refractivity (Wildman–Crippen MR) is 89.0 cm³/mol. The molecule has 0 aliphatic carbocycles. The summed E-state index contributed by atoms with van der Waals surface area (Å²) in [5.74, 6) is 1.75. The van der Waals surface area contributed by atoms with E-state index < -0.39 is 0 Å². The Kier molecular flexibility index (Phi) is 5.67. The first kappa shape index (κ1) is 15.1. The summed E-state index contributed by atoms with van der Waals surface area (Å²) in [6.45, 7) is 5.21. The average Bonchev–Trinajstić information content (AvgIpc) is 2.99. The number of aromatic nitrogens is 2. The van der Waals surface area contributed by atoms with E-state index in [1.807, 2.05) is 12.3 Å². The Bertz CT molecular complexity index is 528. The number of thiophene rings is 1. The third-order valence-corrected chi connectivity index (χ3v) is 4.38. The standard InChI is InChI=1S/C14H20N4S2/c1-4-7-15-12-9-13(18-14(17-12)19-3)16-10(2)11-6-5-8-20-11/h5-6,8-10H,4,7H2,1-3H3,(H2,15,16,17,18). The van der Waals surface area contributed by atoms with Crippen LogP contribution in [0.25, 0.3) is 0 Å². The number of nitrogens with zero attached hydrogens (tertiary/aromatic N) is 2. The highest BCUT2D eigenvalue weighted by Gasteiger charge is 2.09. The maximum atomic E-state index is 4.52. The number of anilines is 2. The van der Waals surface area contributed by atoms with E-state index in [-0.39, 0.29) is 6.04 Å². The second-order valence-corrected chi connectivity index (χ2v) is 6.19. The molecule has 0 bridgehead atoms. The predicted octanol–water partition coefficient (Wildman–Crippen LogP) is 4.26. The molecule has 1 atom stereocenters. The number of hydrogen-bond donors (Lipinski definition) is 2. The van der Waals surface area contributed by atoms with Gasteiger partial charge in [-0.25, -0.2) is 9.97 Å². The number of rotatable bonds is 7. The Morgan fingerprint density at radius 2 is 2.15 bits per heavy atom. The lowest BCUT2D eigenvalue weighted by molar-refractivity contribution is 0.868. The second-order valence-electron chi connectivity index (χ2n) is 4.43. The highest BCUT2D eigenvalue weighted by Crippen LogP contribution is 2.24. The molecule has 0 aromatic carbocycles. The maximum Gasteiger partial charge on any atom is 0.191 e. The summed E-state index contributed by atoms with van der Waals surface area (Å²) in [5, 5.41) is 9.63. The molecule has 0 aliphatic rings. The van der Waals surface area contributed by atoms with Crippen LogP contribution in [0.1, 0.15) is 31.2 Å². The second kappa shape index (κ2) is 7.50. The number of thioether (sulfide) groups is 1. The molecular weight excluding hydrogens is 288 g/mol. The van der Waals surface area contributed by atoms with E-state index >= 15 is 0 Å². The van der Waals surface area contributed by atoms with Gasteiger partial charge in [0.2, 0.25) is 0 Å². The van der Waals surface area contributed by atoms with Gasteiger partial charge in [-0.05, 0) is 31.0 Å². The normalized spacial score (nSPS) is 12.2. The van der Waals surface area contributed by atoms with E-state index in [0.29, 0.717) is 0 Å². The van der Waals surface area contributed by atoms with E-state index in [9.17, 15) is 0 Å². The summed E-state index contributed by atoms with van der Waals surface area (Å²) in [6, 6.07) is 6.42. The van der Waals surface area contributed by atoms with Crippen LogP contribution in [0, 0.1) is 0 Å². The van der Waals surface area contributed by atoms with Gasteiger partial charge in [-0.15, -0.1) is 11.3 Å². The summed E-state index contributed by atoms with van der Waals surface area (Å²) < 4.78 is 0. The van der Waals surface area contributed by atoms with Crippen molar-refractivity contribution in [3.63, 3.8) is 0 Å². The summed E-state index contributed by atoms with van der Waals surface area (Å²) in [7, 11) is 0. The van der Waals surface area contributed by atoms with Crippen LogP contribution in [0.4, 0.5) is 11.6 Å². The summed E-state index contributed by atoms with van der Waals surface area (Å²) in [4.78, 5) is 10.3. The van der Waals surface area contributed by atoms with Crippen molar-refractivity contribution >= 4 is 34.7 Å². The van der Waals surface area contributed by atoms with Crippen molar-refractivity contribution in [1.82, 2.24) is 9.97 Å². The van der Waals surface area contributed by atoms with Crippen LogP contribution < -0.4 is 10.6 Å². The van der Waals surface area contributed by atoms with Gasteiger partial charge >= 0.3 is 0 Å². The Morgan fingerprint density at radius 1 is 1.35 bits per heavy atom. The lowest BCUT2D eigenvalue weighted by Crippen LogP contribution is -2.09. The topological polar surface area (TPSA) is 49.8 Å². The smallest absolute Gasteiger partial charge is 0.191 e. The molecule has 0 saturated carbocycles. The monoisotopic (exact) mass is 308 g/mol. The molecule has 2 rings (SSSR count). The van der Waals surface area contributed by atoms with E-state index in [0.717, 1.165) is 29.8 Å². The van der Waals surface area contributed by atoms with Crippen molar-refractivity contribution in [2.24, 2.45) is 0 Å². The van der Waals surface area contributed by atoms with Gasteiger partial charge < -0.3 is 10.6 Å². The van der Waals surface area contributed by atoms with E-state index in [4.69, 9.17) is 0 Å². The van der Waals surface area contributed by atoms with Crippen molar-refractivity contribution in [2.45, 2.75) is 31.5 Å². The molecule has 0 spiro atoms. The molecule has 2 aromatic heterocycles. The maximum absolute atomic E-state index is 4.52. The van der Waals surface area contributed by atoms with Gasteiger partial charge in [0.15, 0.2) is 5.16 Å². The summed E-state index contributed by atoms with van der Waals surface area (Å²) >= 11 is 3.31. The highest BCUT2D eigenvalue weighted by atomic mass is 32.2. The zero-order valence-corrected chi connectivity index (χ0v) is 13.6. The van der Waals surface area contributed by atoms with Crippen LogP contribution in [0.3, 0.4) is 0 Å². The van der Waals surface area contributed by atoms with Crippen LogP contribution in [-0.2, 0) is 0 Å². The molecule has 2 N–H and O–H groups in total. The van der Waals surface area contributed by atoms with Crippen LogP contribution in [0.2, 0.25) is 0 Å². The Hall–Kier alpha value is -1.27. The molecule has 0 fully saturated rings. The first-order valence-corrected chi connectivity index (χ1v) is 8.80. The van der Waals surface area contributed by atoms with Gasteiger partial charge in [0.05, 0.1) is 6.04 Å². The molecule has 0 saturated heterocycles. The molecule has 0 amide bonds. The van der Waals surface area contributed by atoms with Gasteiger partial charge in [-0.3, -0.25) is 0 Å². The average molecular weight is 308 g/mol. The van der Waals surface area contributed by atoms with Crippen molar-refractivity contribution in [1.29, 1.82) is 0 Å². The molecule has 4 nitrogen and oxygen atoms in total. The Labute approximate surface area is 128 Å². The van der Waals surface area contributed by atoms with Gasteiger partial charge in [-0.2, -0.15) is 0 Å². The lowest BCUT2D eigenvalue weighted by atomic mass is 10.3. The van der Waals surface area contributed by atoms with Gasteiger partial charge in [0.25, 0.3) is 0 Å². The van der Waals surface area contributed by atoms with Crippen LogP contribution in [-0.4, -0.2) is 22.8 Å². The first-order valence-electron chi connectivity index (χ1n) is 6.69. The quantitative estimate of drug-likeness (QED) is 0.591. The third kappa shape index (κ3) is 4.11. The van der Waals surface area contributed by atoms with Crippen molar-refractivity contribution in [2.75, 3.05) is 23.4 Å². The molecule has 6 heteroatoms. The molecule has 2 heterocycles. The van der Waals surface area contributed by atoms with Gasteiger partial charge in [0, 0.05) is 17.5 Å². The fourth-order valence-electron chi connectivity index (χ4n) is 1.76. The minimum Gasteiger partial charge on any atom is -0.370 e.